The Hall–Kier alpha value is -1.43. The van der Waals surface area contributed by atoms with Gasteiger partial charge in [-0.2, -0.15) is 0 Å². The SMILES string of the molecule is O=C1C2CCC(O2)C(=O)N1CC1(C(=O)O)CCC1. The zero-order valence-electron chi connectivity index (χ0n) is 9.92. The van der Waals surface area contributed by atoms with E-state index in [1.165, 1.54) is 0 Å². The average molecular weight is 253 g/mol. The van der Waals surface area contributed by atoms with Crippen LogP contribution in [0.2, 0.25) is 0 Å². The van der Waals surface area contributed by atoms with E-state index in [1.807, 2.05) is 0 Å². The standard InChI is InChI=1S/C12H15NO5/c14-9-7-2-3-8(18-7)10(15)13(9)6-12(11(16)17)4-1-5-12/h7-8H,1-6H2,(H,16,17). The summed E-state index contributed by atoms with van der Waals surface area (Å²) in [7, 11) is 0. The number of amides is 2. The Kier molecular flexibility index (Phi) is 2.45. The monoisotopic (exact) mass is 253 g/mol. The third-order valence-corrected chi connectivity index (χ3v) is 4.33. The molecule has 0 spiro atoms. The molecule has 6 nitrogen and oxygen atoms in total. The van der Waals surface area contributed by atoms with Crippen LogP contribution < -0.4 is 0 Å². The fraction of sp³-hybridized carbons (Fsp3) is 0.750. The number of ether oxygens (including phenoxy) is 1. The van der Waals surface area contributed by atoms with Crippen molar-refractivity contribution in [1.82, 2.24) is 4.90 Å². The van der Waals surface area contributed by atoms with Crippen molar-refractivity contribution in [2.75, 3.05) is 6.54 Å². The van der Waals surface area contributed by atoms with Crippen LogP contribution in [0, 0.1) is 5.41 Å². The Morgan fingerprint density at radius 2 is 1.83 bits per heavy atom. The van der Waals surface area contributed by atoms with E-state index in [0.29, 0.717) is 25.7 Å². The quantitative estimate of drug-likeness (QED) is 0.724. The molecule has 1 saturated carbocycles. The lowest BCUT2D eigenvalue weighted by Gasteiger charge is -2.42. The van der Waals surface area contributed by atoms with Crippen LogP contribution in [0.15, 0.2) is 0 Å². The highest BCUT2D eigenvalue weighted by Crippen LogP contribution is 2.43. The first kappa shape index (κ1) is 11.6. The summed E-state index contributed by atoms with van der Waals surface area (Å²) < 4.78 is 5.29. The number of carboxylic acid groups (broad SMARTS) is 1. The lowest BCUT2D eigenvalue weighted by Crippen LogP contribution is -2.57. The number of aliphatic carboxylic acids is 1. The van der Waals surface area contributed by atoms with Gasteiger partial charge in [0.2, 0.25) is 0 Å². The third-order valence-electron chi connectivity index (χ3n) is 4.33. The van der Waals surface area contributed by atoms with Crippen molar-refractivity contribution < 1.29 is 24.2 Å². The van der Waals surface area contributed by atoms with Crippen molar-refractivity contribution in [3.05, 3.63) is 0 Å². The normalized spacial score (nSPS) is 33.4. The summed E-state index contributed by atoms with van der Waals surface area (Å²) in [5.41, 5.74) is -0.915. The molecule has 0 aromatic heterocycles. The number of carbonyl (C=O) groups excluding carboxylic acids is 2. The minimum Gasteiger partial charge on any atom is -0.481 e. The van der Waals surface area contributed by atoms with Gasteiger partial charge in [-0.05, 0) is 25.7 Å². The second-order valence-electron chi connectivity index (χ2n) is 5.39. The number of hydrogen-bond acceptors (Lipinski definition) is 4. The molecule has 2 amide bonds. The number of carbonyl (C=O) groups is 3. The summed E-state index contributed by atoms with van der Waals surface area (Å²) >= 11 is 0. The smallest absolute Gasteiger partial charge is 0.311 e. The number of likely N-dealkylation sites (tertiary alicyclic amines) is 1. The molecule has 1 N–H and O–H groups in total. The largest absolute Gasteiger partial charge is 0.481 e. The van der Waals surface area contributed by atoms with Crippen LogP contribution in [-0.4, -0.2) is 46.5 Å². The number of imide groups is 1. The molecule has 6 heteroatoms. The van der Waals surface area contributed by atoms with Gasteiger partial charge in [0.15, 0.2) is 0 Å². The predicted molar refractivity (Wildman–Crippen MR) is 58.5 cm³/mol. The second-order valence-corrected chi connectivity index (χ2v) is 5.39. The number of hydrogen-bond donors (Lipinski definition) is 1. The highest BCUT2D eigenvalue weighted by atomic mass is 16.5. The molecule has 1 aliphatic carbocycles. The summed E-state index contributed by atoms with van der Waals surface area (Å²) in [6.45, 7) is 0.0103. The number of carboxylic acids is 1. The summed E-state index contributed by atoms with van der Waals surface area (Å²) in [5.74, 6) is -1.63. The highest BCUT2D eigenvalue weighted by Gasteiger charge is 2.52. The van der Waals surface area contributed by atoms with Crippen molar-refractivity contribution in [3.8, 4) is 0 Å². The van der Waals surface area contributed by atoms with Crippen LogP contribution in [0.4, 0.5) is 0 Å². The molecule has 0 radical (unpaired) electrons. The van der Waals surface area contributed by atoms with Gasteiger partial charge in [0.05, 0.1) is 5.41 Å². The Balaban J connectivity index is 1.81. The van der Waals surface area contributed by atoms with E-state index in [9.17, 15) is 19.5 Å². The second kappa shape index (κ2) is 3.78. The number of nitrogens with zero attached hydrogens (tertiary/aromatic N) is 1. The molecule has 2 aliphatic heterocycles. The number of fused-ring (bicyclic) bond motifs is 2. The molecular weight excluding hydrogens is 238 g/mol. The van der Waals surface area contributed by atoms with E-state index in [0.717, 1.165) is 11.3 Å². The lowest BCUT2D eigenvalue weighted by atomic mass is 9.68. The van der Waals surface area contributed by atoms with E-state index >= 15 is 0 Å². The fourth-order valence-corrected chi connectivity index (χ4v) is 2.96. The summed E-state index contributed by atoms with van der Waals surface area (Å²) in [4.78, 5) is 36.5. The Labute approximate surface area is 104 Å². The molecule has 3 aliphatic rings. The molecule has 3 rings (SSSR count). The molecule has 0 aromatic rings. The molecule has 0 aromatic carbocycles. The van der Waals surface area contributed by atoms with Gasteiger partial charge in [0.25, 0.3) is 11.8 Å². The number of rotatable bonds is 3. The van der Waals surface area contributed by atoms with Gasteiger partial charge in [-0.15, -0.1) is 0 Å². The van der Waals surface area contributed by atoms with E-state index in [1.54, 1.807) is 0 Å². The maximum Gasteiger partial charge on any atom is 0.311 e. The highest BCUT2D eigenvalue weighted by molar-refractivity contribution is 6.02. The van der Waals surface area contributed by atoms with Crippen LogP contribution in [0.1, 0.15) is 32.1 Å². The molecule has 2 saturated heterocycles. The van der Waals surface area contributed by atoms with Crippen LogP contribution in [0.3, 0.4) is 0 Å². The molecule has 2 unspecified atom stereocenters. The molecule has 2 atom stereocenters. The number of morpholine rings is 1. The summed E-state index contributed by atoms with van der Waals surface area (Å²) in [6, 6.07) is 0. The van der Waals surface area contributed by atoms with E-state index < -0.39 is 23.6 Å². The maximum atomic E-state index is 12.0. The minimum atomic E-state index is -0.915. The van der Waals surface area contributed by atoms with Gasteiger partial charge < -0.3 is 9.84 Å². The first-order valence-corrected chi connectivity index (χ1v) is 6.28. The van der Waals surface area contributed by atoms with Gasteiger partial charge in [-0.25, -0.2) is 0 Å². The first-order chi connectivity index (χ1) is 8.53. The summed E-state index contributed by atoms with van der Waals surface area (Å²) in [6.07, 6.45) is 1.95. The molecule has 2 bridgehead atoms. The molecule has 18 heavy (non-hydrogen) atoms. The van der Waals surface area contributed by atoms with Crippen molar-refractivity contribution in [2.45, 2.75) is 44.3 Å². The van der Waals surface area contributed by atoms with Crippen LogP contribution >= 0.6 is 0 Å². The van der Waals surface area contributed by atoms with Crippen molar-refractivity contribution >= 4 is 17.8 Å². The third kappa shape index (κ3) is 1.48. The maximum absolute atomic E-state index is 12.0. The molecule has 3 fully saturated rings. The van der Waals surface area contributed by atoms with E-state index in [-0.39, 0.29) is 18.4 Å². The Morgan fingerprint density at radius 3 is 2.22 bits per heavy atom. The van der Waals surface area contributed by atoms with Gasteiger partial charge in [-0.3, -0.25) is 19.3 Å². The molecular formula is C12H15NO5. The first-order valence-electron chi connectivity index (χ1n) is 6.28. The van der Waals surface area contributed by atoms with Crippen LogP contribution in [-0.2, 0) is 19.1 Å². The van der Waals surface area contributed by atoms with Crippen LogP contribution in [0.5, 0.6) is 0 Å². The van der Waals surface area contributed by atoms with Gasteiger partial charge in [0.1, 0.15) is 12.2 Å². The zero-order valence-corrected chi connectivity index (χ0v) is 9.92. The fourth-order valence-electron chi connectivity index (χ4n) is 2.96. The van der Waals surface area contributed by atoms with Gasteiger partial charge >= 0.3 is 5.97 Å². The topological polar surface area (TPSA) is 83.9 Å². The summed E-state index contributed by atoms with van der Waals surface area (Å²) in [5, 5.41) is 9.25. The van der Waals surface area contributed by atoms with Gasteiger partial charge in [-0.1, -0.05) is 6.42 Å². The van der Waals surface area contributed by atoms with Crippen LogP contribution in [0.25, 0.3) is 0 Å². The Bertz CT molecular complexity index is 406. The Morgan fingerprint density at radius 1 is 1.28 bits per heavy atom. The van der Waals surface area contributed by atoms with E-state index in [4.69, 9.17) is 4.74 Å². The van der Waals surface area contributed by atoms with E-state index in [2.05, 4.69) is 0 Å². The molecule has 2 heterocycles. The van der Waals surface area contributed by atoms with Gasteiger partial charge in [0, 0.05) is 6.54 Å². The van der Waals surface area contributed by atoms with Crippen molar-refractivity contribution in [1.29, 1.82) is 0 Å². The van der Waals surface area contributed by atoms with Crippen molar-refractivity contribution in [3.63, 3.8) is 0 Å². The predicted octanol–water partition coefficient (Wildman–Crippen LogP) is 0.158. The average Bonchev–Trinajstić information content (AvgIpc) is 2.71. The zero-order chi connectivity index (χ0) is 12.9. The lowest BCUT2D eigenvalue weighted by molar-refractivity contribution is -0.175. The molecule has 98 valence electrons. The minimum absolute atomic E-state index is 0.0103. The van der Waals surface area contributed by atoms with Crippen molar-refractivity contribution in [2.24, 2.45) is 5.41 Å².